The van der Waals surface area contributed by atoms with Gasteiger partial charge in [0.2, 0.25) is 0 Å². The van der Waals surface area contributed by atoms with Gasteiger partial charge in [0.25, 0.3) is 5.88 Å². The molecule has 0 amide bonds. The minimum atomic E-state index is -0.537. The van der Waals surface area contributed by atoms with Crippen molar-refractivity contribution in [1.82, 2.24) is 4.98 Å². The highest BCUT2D eigenvalue weighted by molar-refractivity contribution is 5.48. The average molecular weight is 209 g/mol. The van der Waals surface area contributed by atoms with Crippen LogP contribution in [0.1, 0.15) is 0 Å². The van der Waals surface area contributed by atoms with Gasteiger partial charge in [0.05, 0.1) is 4.92 Å². The third-order valence-corrected chi connectivity index (χ3v) is 1.63. The molecule has 0 saturated carbocycles. The molecule has 80 valence electrons. The lowest BCUT2D eigenvalue weighted by molar-refractivity contribution is -0.386. The summed E-state index contributed by atoms with van der Waals surface area (Å²) in [6.07, 6.45) is 1.50. The van der Waals surface area contributed by atoms with Crippen LogP contribution in [0, 0.1) is 10.1 Å². The molecular formula is C9H11N3O3. The zero-order chi connectivity index (χ0) is 11.3. The SMILES string of the molecule is C=CCOc1nc(NC)ccc1[N+](=O)[O-]. The van der Waals surface area contributed by atoms with E-state index >= 15 is 0 Å². The molecule has 1 rings (SSSR count). The summed E-state index contributed by atoms with van der Waals surface area (Å²) in [6.45, 7) is 3.64. The van der Waals surface area contributed by atoms with Crippen LogP contribution in [0.5, 0.6) is 5.88 Å². The van der Waals surface area contributed by atoms with E-state index in [4.69, 9.17) is 4.74 Å². The van der Waals surface area contributed by atoms with Crippen LogP contribution in [-0.2, 0) is 0 Å². The van der Waals surface area contributed by atoms with Crippen LogP contribution in [0.25, 0.3) is 0 Å². The van der Waals surface area contributed by atoms with E-state index in [-0.39, 0.29) is 18.2 Å². The Morgan fingerprint density at radius 1 is 1.73 bits per heavy atom. The summed E-state index contributed by atoms with van der Waals surface area (Å²) in [6, 6.07) is 2.86. The molecule has 1 N–H and O–H groups in total. The summed E-state index contributed by atoms with van der Waals surface area (Å²) in [5, 5.41) is 13.4. The van der Waals surface area contributed by atoms with Crippen molar-refractivity contribution in [3.63, 3.8) is 0 Å². The summed E-state index contributed by atoms with van der Waals surface area (Å²) in [5.74, 6) is 0.506. The number of anilines is 1. The maximum absolute atomic E-state index is 10.6. The van der Waals surface area contributed by atoms with Gasteiger partial charge >= 0.3 is 5.69 Å². The summed E-state index contributed by atoms with van der Waals surface area (Å²) in [4.78, 5) is 14.0. The first-order valence-corrected chi connectivity index (χ1v) is 4.26. The Kier molecular flexibility index (Phi) is 3.61. The Bertz CT molecular complexity index is 379. The van der Waals surface area contributed by atoms with Crippen LogP contribution < -0.4 is 10.1 Å². The monoisotopic (exact) mass is 209 g/mol. The van der Waals surface area contributed by atoms with E-state index in [0.717, 1.165) is 0 Å². The van der Waals surface area contributed by atoms with E-state index in [1.54, 1.807) is 7.05 Å². The number of nitrogens with one attached hydrogen (secondary N) is 1. The van der Waals surface area contributed by atoms with Crippen molar-refractivity contribution in [2.24, 2.45) is 0 Å². The molecule has 0 bridgehead atoms. The maximum Gasteiger partial charge on any atom is 0.331 e. The largest absolute Gasteiger partial charge is 0.469 e. The molecule has 0 aliphatic heterocycles. The highest BCUT2D eigenvalue weighted by Crippen LogP contribution is 2.25. The van der Waals surface area contributed by atoms with E-state index in [1.165, 1.54) is 18.2 Å². The topological polar surface area (TPSA) is 77.3 Å². The third kappa shape index (κ3) is 2.67. The molecule has 1 heterocycles. The first kappa shape index (κ1) is 11.0. The van der Waals surface area contributed by atoms with E-state index in [1.807, 2.05) is 0 Å². The van der Waals surface area contributed by atoms with Gasteiger partial charge in [0.15, 0.2) is 0 Å². The fourth-order valence-electron chi connectivity index (χ4n) is 0.955. The van der Waals surface area contributed by atoms with E-state index in [2.05, 4.69) is 16.9 Å². The number of hydrogen-bond donors (Lipinski definition) is 1. The lowest BCUT2D eigenvalue weighted by Gasteiger charge is -2.05. The Labute approximate surface area is 86.7 Å². The predicted molar refractivity (Wildman–Crippen MR) is 56.1 cm³/mol. The van der Waals surface area contributed by atoms with Crippen molar-refractivity contribution < 1.29 is 9.66 Å². The standard InChI is InChI=1S/C9H11N3O3/c1-3-6-15-9-7(12(13)14)4-5-8(10-2)11-9/h3-5H,1,6H2,2H3,(H,10,11). The quantitative estimate of drug-likeness (QED) is 0.452. The number of aromatic nitrogens is 1. The van der Waals surface area contributed by atoms with Gasteiger partial charge in [-0.15, -0.1) is 0 Å². The number of pyridine rings is 1. The first-order chi connectivity index (χ1) is 7.19. The zero-order valence-corrected chi connectivity index (χ0v) is 8.27. The van der Waals surface area contributed by atoms with Gasteiger partial charge in [-0.1, -0.05) is 12.7 Å². The Morgan fingerprint density at radius 3 is 3.00 bits per heavy atom. The molecule has 0 spiro atoms. The Hall–Kier alpha value is -2.11. The molecule has 1 aromatic heterocycles. The molecule has 0 saturated heterocycles. The Balaban J connectivity index is 3.04. The van der Waals surface area contributed by atoms with Gasteiger partial charge < -0.3 is 10.1 Å². The highest BCUT2D eigenvalue weighted by atomic mass is 16.6. The van der Waals surface area contributed by atoms with Gasteiger partial charge in [-0.2, -0.15) is 4.98 Å². The lowest BCUT2D eigenvalue weighted by atomic mass is 10.4. The molecule has 0 atom stereocenters. The second-order valence-corrected chi connectivity index (χ2v) is 2.63. The normalized spacial score (nSPS) is 9.40. The highest BCUT2D eigenvalue weighted by Gasteiger charge is 2.16. The molecule has 0 aliphatic rings. The van der Waals surface area contributed by atoms with Crippen LogP contribution in [0.4, 0.5) is 11.5 Å². The smallest absolute Gasteiger partial charge is 0.331 e. The second-order valence-electron chi connectivity index (χ2n) is 2.63. The number of rotatable bonds is 5. The molecule has 1 aromatic rings. The van der Waals surface area contributed by atoms with Gasteiger partial charge in [0.1, 0.15) is 12.4 Å². The third-order valence-electron chi connectivity index (χ3n) is 1.63. The van der Waals surface area contributed by atoms with E-state index in [0.29, 0.717) is 5.82 Å². The number of nitro groups is 1. The fraction of sp³-hybridized carbons (Fsp3) is 0.222. The lowest BCUT2D eigenvalue weighted by Crippen LogP contribution is -2.02. The number of nitrogens with zero attached hydrogens (tertiary/aromatic N) is 2. The van der Waals surface area contributed by atoms with Crippen molar-refractivity contribution in [1.29, 1.82) is 0 Å². The van der Waals surface area contributed by atoms with Gasteiger partial charge in [-0.3, -0.25) is 10.1 Å². The summed E-state index contributed by atoms with van der Waals surface area (Å²) in [5.41, 5.74) is -0.157. The summed E-state index contributed by atoms with van der Waals surface area (Å²) >= 11 is 0. The zero-order valence-electron chi connectivity index (χ0n) is 8.27. The van der Waals surface area contributed by atoms with E-state index < -0.39 is 4.92 Å². The average Bonchev–Trinajstić information content (AvgIpc) is 2.25. The van der Waals surface area contributed by atoms with Crippen molar-refractivity contribution in [2.45, 2.75) is 0 Å². The van der Waals surface area contributed by atoms with Gasteiger partial charge in [-0.25, -0.2) is 0 Å². The van der Waals surface area contributed by atoms with Crippen molar-refractivity contribution in [2.75, 3.05) is 19.0 Å². The van der Waals surface area contributed by atoms with Crippen molar-refractivity contribution >= 4 is 11.5 Å². The van der Waals surface area contributed by atoms with Crippen LogP contribution >= 0.6 is 0 Å². The van der Waals surface area contributed by atoms with Crippen LogP contribution in [-0.4, -0.2) is 23.6 Å². The maximum atomic E-state index is 10.6. The van der Waals surface area contributed by atoms with Gasteiger partial charge in [-0.05, 0) is 6.07 Å². The molecule has 15 heavy (non-hydrogen) atoms. The minimum absolute atomic E-state index is 0.00764. The molecule has 6 nitrogen and oxygen atoms in total. The molecule has 0 radical (unpaired) electrons. The molecule has 0 fully saturated rings. The summed E-state index contributed by atoms with van der Waals surface area (Å²) < 4.78 is 5.08. The van der Waals surface area contributed by atoms with Gasteiger partial charge in [0, 0.05) is 13.1 Å². The number of hydrogen-bond acceptors (Lipinski definition) is 5. The minimum Gasteiger partial charge on any atom is -0.469 e. The fourth-order valence-corrected chi connectivity index (χ4v) is 0.955. The molecule has 0 unspecified atom stereocenters. The van der Waals surface area contributed by atoms with Crippen LogP contribution in [0.15, 0.2) is 24.8 Å². The molecule has 6 heteroatoms. The van der Waals surface area contributed by atoms with Crippen molar-refractivity contribution in [3.8, 4) is 5.88 Å². The number of ether oxygens (including phenoxy) is 1. The molecule has 0 aliphatic carbocycles. The molecular weight excluding hydrogens is 198 g/mol. The second kappa shape index (κ2) is 4.94. The Morgan fingerprint density at radius 2 is 2.47 bits per heavy atom. The summed E-state index contributed by atoms with van der Waals surface area (Å²) in [7, 11) is 1.67. The van der Waals surface area contributed by atoms with Crippen molar-refractivity contribution in [3.05, 3.63) is 34.9 Å². The molecule has 0 aromatic carbocycles. The van der Waals surface area contributed by atoms with Crippen LogP contribution in [0.2, 0.25) is 0 Å². The first-order valence-electron chi connectivity index (χ1n) is 4.26. The van der Waals surface area contributed by atoms with Crippen LogP contribution in [0.3, 0.4) is 0 Å². The predicted octanol–water partition coefficient (Wildman–Crippen LogP) is 1.60. The van der Waals surface area contributed by atoms with E-state index in [9.17, 15) is 10.1 Å².